The van der Waals surface area contributed by atoms with Crippen molar-refractivity contribution in [1.82, 2.24) is 0 Å². The standard InChI is InChI=1S/C8H10O3S.C2H6/c1-7(12(9,10)11)8-5-3-2-4-6-8;1-2/h2-7H,1H3,(H,9,10,11);1-2H3. The third-order valence-electron chi connectivity index (χ3n) is 1.72. The van der Waals surface area contributed by atoms with Crippen LogP contribution in [0.15, 0.2) is 30.3 Å². The van der Waals surface area contributed by atoms with Gasteiger partial charge in [-0.2, -0.15) is 8.42 Å². The summed E-state index contributed by atoms with van der Waals surface area (Å²) in [6, 6.07) is 8.59. The van der Waals surface area contributed by atoms with E-state index in [9.17, 15) is 8.42 Å². The van der Waals surface area contributed by atoms with Crippen LogP contribution in [0.2, 0.25) is 0 Å². The van der Waals surface area contributed by atoms with E-state index in [1.807, 2.05) is 13.8 Å². The van der Waals surface area contributed by atoms with Crippen molar-refractivity contribution in [3.63, 3.8) is 0 Å². The lowest BCUT2D eigenvalue weighted by Gasteiger charge is -2.06. The van der Waals surface area contributed by atoms with E-state index in [2.05, 4.69) is 0 Å². The third kappa shape index (κ3) is 3.89. The molecule has 0 saturated heterocycles. The van der Waals surface area contributed by atoms with E-state index in [4.69, 9.17) is 4.55 Å². The van der Waals surface area contributed by atoms with Crippen molar-refractivity contribution in [3.05, 3.63) is 35.9 Å². The molecule has 0 aliphatic rings. The molecule has 1 atom stereocenters. The lowest BCUT2D eigenvalue weighted by atomic mass is 10.2. The van der Waals surface area contributed by atoms with Gasteiger partial charge in [0.25, 0.3) is 10.1 Å². The summed E-state index contributed by atoms with van der Waals surface area (Å²) in [5.41, 5.74) is 0.597. The summed E-state index contributed by atoms with van der Waals surface area (Å²) in [5, 5.41) is -0.848. The van der Waals surface area contributed by atoms with Gasteiger partial charge in [-0.05, 0) is 12.5 Å². The zero-order valence-electron chi connectivity index (χ0n) is 8.64. The van der Waals surface area contributed by atoms with E-state index >= 15 is 0 Å². The van der Waals surface area contributed by atoms with Crippen LogP contribution in [0.5, 0.6) is 0 Å². The normalized spacial score (nSPS) is 12.6. The van der Waals surface area contributed by atoms with Crippen molar-refractivity contribution in [1.29, 1.82) is 0 Å². The largest absolute Gasteiger partial charge is 0.285 e. The molecule has 0 aliphatic heterocycles. The van der Waals surface area contributed by atoms with Crippen LogP contribution < -0.4 is 0 Å². The first-order chi connectivity index (χ1) is 6.52. The van der Waals surface area contributed by atoms with Crippen LogP contribution in [0.25, 0.3) is 0 Å². The molecule has 0 radical (unpaired) electrons. The topological polar surface area (TPSA) is 54.4 Å². The van der Waals surface area contributed by atoms with E-state index in [1.165, 1.54) is 6.92 Å². The maximum atomic E-state index is 10.7. The Balaban J connectivity index is 0.000000791. The van der Waals surface area contributed by atoms with Crippen molar-refractivity contribution < 1.29 is 13.0 Å². The highest BCUT2D eigenvalue weighted by Gasteiger charge is 2.18. The zero-order valence-corrected chi connectivity index (χ0v) is 9.45. The summed E-state index contributed by atoms with van der Waals surface area (Å²) in [6.45, 7) is 5.45. The molecular formula is C10H16O3S. The highest BCUT2D eigenvalue weighted by molar-refractivity contribution is 7.86. The van der Waals surface area contributed by atoms with E-state index in [0.717, 1.165) is 0 Å². The van der Waals surface area contributed by atoms with Crippen LogP contribution >= 0.6 is 0 Å². The fraction of sp³-hybridized carbons (Fsp3) is 0.400. The predicted octanol–water partition coefficient (Wildman–Crippen LogP) is 2.66. The molecule has 1 rings (SSSR count). The summed E-state index contributed by atoms with van der Waals surface area (Å²) in [6.07, 6.45) is 0. The second-order valence-electron chi connectivity index (χ2n) is 2.57. The fourth-order valence-corrected chi connectivity index (χ4v) is 1.40. The lowest BCUT2D eigenvalue weighted by Crippen LogP contribution is -2.07. The van der Waals surface area contributed by atoms with Crippen molar-refractivity contribution in [2.45, 2.75) is 26.0 Å². The Labute approximate surface area is 85.5 Å². The molecule has 80 valence electrons. The Morgan fingerprint density at radius 1 is 1.14 bits per heavy atom. The Morgan fingerprint density at radius 3 is 1.93 bits per heavy atom. The predicted molar refractivity (Wildman–Crippen MR) is 57.8 cm³/mol. The Kier molecular flexibility index (Phi) is 5.42. The van der Waals surface area contributed by atoms with Gasteiger partial charge in [0.1, 0.15) is 5.25 Å². The van der Waals surface area contributed by atoms with Crippen LogP contribution in [0.1, 0.15) is 31.6 Å². The molecule has 0 aliphatic carbocycles. The molecule has 1 aromatic rings. The SMILES string of the molecule is CC.CC(c1ccccc1)S(=O)(=O)O. The minimum absolute atomic E-state index is 0.597. The third-order valence-corrected chi connectivity index (χ3v) is 2.88. The minimum atomic E-state index is -3.96. The van der Waals surface area contributed by atoms with E-state index in [1.54, 1.807) is 30.3 Å². The fourth-order valence-electron chi connectivity index (χ4n) is 0.896. The Hall–Kier alpha value is -0.870. The van der Waals surface area contributed by atoms with Crippen LogP contribution in [0, 0.1) is 0 Å². The van der Waals surface area contributed by atoms with Gasteiger partial charge in [-0.1, -0.05) is 44.2 Å². The van der Waals surface area contributed by atoms with Gasteiger partial charge in [0.2, 0.25) is 0 Å². The number of rotatable bonds is 2. The zero-order chi connectivity index (χ0) is 11.2. The van der Waals surface area contributed by atoms with Crippen molar-refractivity contribution in [2.24, 2.45) is 0 Å². The van der Waals surface area contributed by atoms with Gasteiger partial charge in [-0.3, -0.25) is 4.55 Å². The molecule has 0 amide bonds. The quantitative estimate of drug-likeness (QED) is 0.773. The summed E-state index contributed by atoms with van der Waals surface area (Å²) < 4.78 is 30.1. The number of hydrogen-bond acceptors (Lipinski definition) is 2. The average Bonchev–Trinajstić information content (AvgIpc) is 2.20. The first kappa shape index (κ1) is 13.1. The van der Waals surface area contributed by atoms with Gasteiger partial charge in [0.05, 0.1) is 0 Å². The number of benzene rings is 1. The number of hydrogen-bond donors (Lipinski definition) is 1. The van der Waals surface area contributed by atoms with E-state index in [-0.39, 0.29) is 0 Å². The smallest absolute Gasteiger partial charge is 0.271 e. The maximum Gasteiger partial charge on any atom is 0.271 e. The Bertz CT molecular complexity index is 343. The first-order valence-corrected chi connectivity index (χ1v) is 6.03. The summed E-state index contributed by atoms with van der Waals surface area (Å²) in [7, 11) is -3.96. The first-order valence-electron chi connectivity index (χ1n) is 4.53. The van der Waals surface area contributed by atoms with Crippen LogP contribution in [-0.2, 0) is 10.1 Å². The molecule has 0 saturated carbocycles. The summed E-state index contributed by atoms with van der Waals surface area (Å²) >= 11 is 0. The molecule has 1 aromatic carbocycles. The highest BCUT2D eigenvalue weighted by Crippen LogP contribution is 2.19. The molecule has 0 heterocycles. The molecule has 3 nitrogen and oxygen atoms in total. The molecule has 0 spiro atoms. The van der Waals surface area contributed by atoms with Crippen LogP contribution in [0.4, 0.5) is 0 Å². The lowest BCUT2D eigenvalue weighted by molar-refractivity contribution is 0.472. The average molecular weight is 216 g/mol. The summed E-state index contributed by atoms with van der Waals surface area (Å²) in [4.78, 5) is 0. The van der Waals surface area contributed by atoms with Crippen LogP contribution in [0.3, 0.4) is 0 Å². The Morgan fingerprint density at radius 2 is 1.57 bits per heavy atom. The maximum absolute atomic E-state index is 10.7. The molecule has 4 heteroatoms. The van der Waals surface area contributed by atoms with Gasteiger partial charge in [0, 0.05) is 0 Å². The molecule has 0 fully saturated rings. The van der Waals surface area contributed by atoms with Crippen molar-refractivity contribution in [2.75, 3.05) is 0 Å². The molecule has 1 N–H and O–H groups in total. The molecule has 0 bridgehead atoms. The van der Waals surface area contributed by atoms with Crippen molar-refractivity contribution >= 4 is 10.1 Å². The van der Waals surface area contributed by atoms with E-state index < -0.39 is 15.4 Å². The molecule has 1 unspecified atom stereocenters. The van der Waals surface area contributed by atoms with Gasteiger partial charge < -0.3 is 0 Å². The molecule has 0 aromatic heterocycles. The second kappa shape index (κ2) is 5.78. The van der Waals surface area contributed by atoms with Gasteiger partial charge >= 0.3 is 0 Å². The van der Waals surface area contributed by atoms with Gasteiger partial charge in [-0.15, -0.1) is 0 Å². The highest BCUT2D eigenvalue weighted by atomic mass is 32.2. The van der Waals surface area contributed by atoms with Crippen LogP contribution in [-0.4, -0.2) is 13.0 Å². The van der Waals surface area contributed by atoms with Gasteiger partial charge in [0.15, 0.2) is 0 Å². The molecule has 14 heavy (non-hydrogen) atoms. The van der Waals surface area contributed by atoms with E-state index in [0.29, 0.717) is 5.56 Å². The molecular weight excluding hydrogens is 200 g/mol. The minimum Gasteiger partial charge on any atom is -0.285 e. The van der Waals surface area contributed by atoms with Gasteiger partial charge in [-0.25, -0.2) is 0 Å². The monoisotopic (exact) mass is 216 g/mol. The second-order valence-corrected chi connectivity index (χ2v) is 4.30. The van der Waals surface area contributed by atoms with Crippen molar-refractivity contribution in [3.8, 4) is 0 Å². The summed E-state index contributed by atoms with van der Waals surface area (Å²) in [5.74, 6) is 0.